The Morgan fingerprint density at radius 1 is 1.26 bits per heavy atom. The molecule has 4 heteroatoms. The molecular weight excluding hydrogens is 238 g/mol. The predicted octanol–water partition coefficient (Wildman–Crippen LogP) is 1.81. The van der Waals surface area contributed by atoms with E-state index < -0.39 is 0 Å². The van der Waals surface area contributed by atoms with Crippen LogP contribution in [0.5, 0.6) is 0 Å². The molecule has 0 aliphatic carbocycles. The first-order chi connectivity index (χ1) is 9.13. The molecule has 1 heterocycles. The maximum Gasteiger partial charge on any atom is 0.252 e. The third-order valence-corrected chi connectivity index (χ3v) is 3.35. The number of fused-ring (bicyclic) bond motifs is 1. The largest absolute Gasteiger partial charge is 0.384 e. The Morgan fingerprint density at radius 3 is 2.74 bits per heavy atom. The summed E-state index contributed by atoms with van der Waals surface area (Å²) in [5, 5.41) is 7.63. The van der Waals surface area contributed by atoms with Gasteiger partial charge >= 0.3 is 0 Å². The number of aromatic nitrogens is 1. The average molecular weight is 259 g/mol. The summed E-state index contributed by atoms with van der Waals surface area (Å²) in [4.78, 5) is 11.9. The van der Waals surface area contributed by atoms with Crippen LogP contribution < -0.4 is 16.2 Å². The third-order valence-electron chi connectivity index (χ3n) is 3.35. The smallest absolute Gasteiger partial charge is 0.252 e. The van der Waals surface area contributed by atoms with Gasteiger partial charge in [0.2, 0.25) is 0 Å². The maximum atomic E-state index is 11.9. The molecular formula is C15H21N3O. The Bertz CT molecular complexity index is 618. The van der Waals surface area contributed by atoms with Gasteiger partial charge < -0.3 is 15.2 Å². The van der Waals surface area contributed by atoms with E-state index in [0.717, 1.165) is 29.7 Å². The van der Waals surface area contributed by atoms with Crippen LogP contribution in [0, 0.1) is 5.92 Å². The Labute approximate surface area is 113 Å². The molecule has 0 amide bonds. The Kier molecular flexibility index (Phi) is 4.22. The summed E-state index contributed by atoms with van der Waals surface area (Å²) in [6.07, 6.45) is 0. The lowest BCUT2D eigenvalue weighted by Gasteiger charge is -2.15. The van der Waals surface area contributed by atoms with Crippen LogP contribution in [0.4, 0.5) is 5.69 Å². The van der Waals surface area contributed by atoms with E-state index in [-0.39, 0.29) is 5.56 Å². The highest BCUT2D eigenvalue weighted by molar-refractivity contribution is 5.91. The van der Waals surface area contributed by atoms with Gasteiger partial charge in [0.25, 0.3) is 5.56 Å². The van der Waals surface area contributed by atoms with E-state index in [4.69, 9.17) is 0 Å². The van der Waals surface area contributed by atoms with Gasteiger partial charge in [-0.1, -0.05) is 25.1 Å². The number of pyridine rings is 1. The lowest BCUT2D eigenvalue weighted by molar-refractivity contribution is 0.570. The van der Waals surface area contributed by atoms with Crippen LogP contribution in [0.2, 0.25) is 0 Å². The molecule has 2 rings (SSSR count). The van der Waals surface area contributed by atoms with Crippen molar-refractivity contribution in [3.05, 3.63) is 40.7 Å². The first-order valence-electron chi connectivity index (χ1n) is 6.60. The van der Waals surface area contributed by atoms with Crippen molar-refractivity contribution >= 4 is 16.6 Å². The van der Waals surface area contributed by atoms with Crippen LogP contribution in [-0.2, 0) is 7.05 Å². The minimum absolute atomic E-state index is 0.0162. The van der Waals surface area contributed by atoms with Gasteiger partial charge in [0.05, 0.1) is 5.52 Å². The molecule has 0 bridgehead atoms. The van der Waals surface area contributed by atoms with E-state index in [1.54, 1.807) is 17.7 Å². The van der Waals surface area contributed by atoms with Crippen molar-refractivity contribution in [2.24, 2.45) is 13.0 Å². The quantitative estimate of drug-likeness (QED) is 0.861. The first kappa shape index (κ1) is 13.6. The van der Waals surface area contributed by atoms with Gasteiger partial charge in [-0.25, -0.2) is 0 Å². The first-order valence-corrected chi connectivity index (χ1v) is 6.60. The van der Waals surface area contributed by atoms with Crippen molar-refractivity contribution in [1.82, 2.24) is 9.88 Å². The van der Waals surface area contributed by atoms with Gasteiger partial charge in [-0.05, 0) is 25.6 Å². The fourth-order valence-corrected chi connectivity index (χ4v) is 2.26. The van der Waals surface area contributed by atoms with Crippen molar-refractivity contribution in [2.45, 2.75) is 6.92 Å². The average Bonchev–Trinajstić information content (AvgIpc) is 2.42. The van der Waals surface area contributed by atoms with Gasteiger partial charge in [0.1, 0.15) is 0 Å². The molecule has 0 aliphatic heterocycles. The molecule has 0 saturated carbocycles. The zero-order chi connectivity index (χ0) is 13.8. The Morgan fingerprint density at radius 2 is 2.00 bits per heavy atom. The van der Waals surface area contributed by atoms with Gasteiger partial charge in [0.15, 0.2) is 0 Å². The highest BCUT2D eigenvalue weighted by Gasteiger charge is 2.07. The summed E-state index contributed by atoms with van der Waals surface area (Å²) in [7, 11) is 3.75. The van der Waals surface area contributed by atoms with E-state index in [1.807, 2.05) is 31.3 Å². The Hall–Kier alpha value is -1.81. The van der Waals surface area contributed by atoms with Gasteiger partial charge in [-0.15, -0.1) is 0 Å². The fourth-order valence-electron chi connectivity index (χ4n) is 2.26. The summed E-state index contributed by atoms with van der Waals surface area (Å²) in [5.74, 6) is 0.507. The predicted molar refractivity (Wildman–Crippen MR) is 80.8 cm³/mol. The normalized spacial score (nSPS) is 12.6. The molecule has 4 nitrogen and oxygen atoms in total. The second-order valence-electron chi connectivity index (χ2n) is 5.02. The molecule has 102 valence electrons. The minimum atomic E-state index is 0.0162. The van der Waals surface area contributed by atoms with Crippen molar-refractivity contribution < 1.29 is 0 Å². The van der Waals surface area contributed by atoms with E-state index in [9.17, 15) is 4.79 Å². The highest BCUT2D eigenvalue weighted by atomic mass is 16.1. The molecule has 1 unspecified atom stereocenters. The molecule has 0 radical (unpaired) electrons. The molecule has 0 fully saturated rings. The second-order valence-corrected chi connectivity index (χ2v) is 5.02. The summed E-state index contributed by atoms with van der Waals surface area (Å²) in [5.41, 5.74) is 1.89. The monoisotopic (exact) mass is 259 g/mol. The molecule has 1 aromatic carbocycles. The van der Waals surface area contributed by atoms with Crippen LogP contribution in [0.15, 0.2) is 35.1 Å². The SMILES string of the molecule is CNCC(C)CNc1cc(=O)n(C)c2ccccc12. The molecule has 19 heavy (non-hydrogen) atoms. The minimum Gasteiger partial charge on any atom is -0.384 e. The standard InChI is InChI=1S/C15H21N3O/c1-11(9-16-2)10-17-13-8-15(19)18(3)14-7-5-4-6-12(13)14/h4-8,11,16-17H,9-10H2,1-3H3. The molecule has 0 saturated heterocycles. The lowest BCUT2D eigenvalue weighted by Crippen LogP contribution is -2.24. The van der Waals surface area contributed by atoms with Crippen LogP contribution in [0.1, 0.15) is 6.92 Å². The number of anilines is 1. The van der Waals surface area contributed by atoms with E-state index in [0.29, 0.717) is 5.92 Å². The summed E-state index contributed by atoms with van der Waals surface area (Å²) in [6.45, 7) is 3.97. The van der Waals surface area contributed by atoms with Crippen LogP contribution >= 0.6 is 0 Å². The maximum absolute atomic E-state index is 11.9. The molecule has 0 spiro atoms. The van der Waals surface area contributed by atoms with Crippen molar-refractivity contribution in [3.8, 4) is 0 Å². The topological polar surface area (TPSA) is 46.1 Å². The van der Waals surface area contributed by atoms with Gasteiger partial charge in [0, 0.05) is 30.7 Å². The number of aryl methyl sites for hydroxylation is 1. The number of rotatable bonds is 5. The zero-order valence-corrected chi connectivity index (χ0v) is 11.7. The number of para-hydroxylation sites is 1. The Balaban J connectivity index is 2.33. The van der Waals surface area contributed by atoms with E-state index >= 15 is 0 Å². The summed E-state index contributed by atoms with van der Waals surface area (Å²) in [6, 6.07) is 9.64. The molecule has 2 aromatic rings. The van der Waals surface area contributed by atoms with E-state index in [1.165, 1.54) is 0 Å². The fraction of sp³-hybridized carbons (Fsp3) is 0.400. The number of hydrogen-bond donors (Lipinski definition) is 2. The van der Waals surface area contributed by atoms with Gasteiger partial charge in [-0.3, -0.25) is 4.79 Å². The highest BCUT2D eigenvalue weighted by Crippen LogP contribution is 2.20. The zero-order valence-electron chi connectivity index (χ0n) is 11.7. The molecule has 2 N–H and O–H groups in total. The number of nitrogens with one attached hydrogen (secondary N) is 2. The lowest BCUT2D eigenvalue weighted by atomic mass is 10.1. The van der Waals surface area contributed by atoms with Crippen LogP contribution in [-0.4, -0.2) is 24.7 Å². The number of nitrogens with zero attached hydrogens (tertiary/aromatic N) is 1. The van der Waals surface area contributed by atoms with Crippen molar-refractivity contribution in [3.63, 3.8) is 0 Å². The number of hydrogen-bond acceptors (Lipinski definition) is 3. The molecule has 1 aromatic heterocycles. The number of benzene rings is 1. The van der Waals surface area contributed by atoms with Gasteiger partial charge in [-0.2, -0.15) is 0 Å². The van der Waals surface area contributed by atoms with E-state index in [2.05, 4.69) is 17.6 Å². The summed E-state index contributed by atoms with van der Waals surface area (Å²) < 4.78 is 1.68. The van der Waals surface area contributed by atoms with Crippen molar-refractivity contribution in [2.75, 3.05) is 25.5 Å². The molecule has 0 aliphatic rings. The molecule has 1 atom stereocenters. The summed E-state index contributed by atoms with van der Waals surface area (Å²) >= 11 is 0. The van der Waals surface area contributed by atoms with Crippen molar-refractivity contribution in [1.29, 1.82) is 0 Å². The second kappa shape index (κ2) is 5.89. The van der Waals surface area contributed by atoms with Crippen LogP contribution in [0.3, 0.4) is 0 Å². The third kappa shape index (κ3) is 2.96. The van der Waals surface area contributed by atoms with Crippen LogP contribution in [0.25, 0.3) is 10.9 Å².